The molecule has 3 aliphatic rings. The zero-order valence-corrected chi connectivity index (χ0v) is 43.2. The molecule has 2 aromatic heterocycles. The lowest BCUT2D eigenvalue weighted by molar-refractivity contribution is 0.842. The van der Waals surface area contributed by atoms with Gasteiger partial charge in [-0.05, 0) is 95.6 Å². The van der Waals surface area contributed by atoms with Crippen LogP contribution in [0.25, 0.3) is 21.5 Å². The molecule has 0 fully saturated rings. The minimum absolute atomic E-state index is 0.116. The summed E-state index contributed by atoms with van der Waals surface area (Å²) < 4.78 is 2.74. The van der Waals surface area contributed by atoms with Crippen LogP contribution in [0.5, 0.6) is 0 Å². The number of hydrogen-bond acceptors (Lipinski definition) is 6. The lowest BCUT2D eigenvalue weighted by Gasteiger charge is -2.17. The first-order valence-corrected chi connectivity index (χ1v) is 23.7. The van der Waals surface area contributed by atoms with Crippen LogP contribution in [-0.2, 0) is 0 Å². The Morgan fingerprint density at radius 1 is 0.357 bits per heavy atom. The van der Waals surface area contributed by atoms with E-state index in [-0.39, 0.29) is 35.2 Å². The number of benzene rings is 4. The van der Waals surface area contributed by atoms with Gasteiger partial charge in [0, 0.05) is 57.2 Å². The van der Waals surface area contributed by atoms with Crippen molar-refractivity contribution in [2.75, 3.05) is 21.3 Å². The SMILES string of the molecule is Clc1c(Cl)c(Br)c2c(c1Cl)C1=NC2Nc2[nH]c(c3c(Br)c(Cl)c(Br)c(Cl)c23)NC2N=C(Nc3[nH]c(c4c(Cl)c(Br)c(Cl)c(Br)c34)N1)c1c(Cl)c(Cl)c(Br)c(Cl)c12. The maximum absolute atomic E-state index is 7.07. The molecular weight excluding hydrogens is 1330 g/mol. The van der Waals surface area contributed by atoms with Crippen LogP contribution in [-0.4, -0.2) is 21.6 Å². The molecule has 4 aromatic carbocycles. The van der Waals surface area contributed by atoms with E-state index >= 15 is 0 Å². The third-order valence-corrected chi connectivity index (χ3v) is 20.2. The summed E-state index contributed by atoms with van der Waals surface area (Å²) >= 11 is 90.6. The smallest absolute Gasteiger partial charge is 0.150 e. The van der Waals surface area contributed by atoms with Crippen molar-refractivity contribution < 1.29 is 0 Å². The molecule has 24 heteroatoms. The molecule has 0 radical (unpaired) electrons. The number of aromatic nitrogens is 2. The molecule has 2 unspecified atom stereocenters. The number of hydrogen-bond donors (Lipinski definition) is 6. The molecule has 56 heavy (non-hydrogen) atoms. The summed E-state index contributed by atoms with van der Waals surface area (Å²) in [4.78, 5) is 17.0. The van der Waals surface area contributed by atoms with Crippen molar-refractivity contribution in [3.05, 3.63) is 99.3 Å². The first-order valence-electron chi connectivity index (χ1n) is 15.1. The van der Waals surface area contributed by atoms with E-state index in [0.29, 0.717) is 121 Å². The maximum Gasteiger partial charge on any atom is 0.150 e. The van der Waals surface area contributed by atoms with E-state index in [1.165, 1.54) is 0 Å². The highest BCUT2D eigenvalue weighted by molar-refractivity contribution is 9.11. The van der Waals surface area contributed by atoms with Crippen LogP contribution in [0.15, 0.2) is 36.8 Å². The molecule has 5 heterocycles. The summed E-state index contributed by atoms with van der Waals surface area (Å²) in [6.45, 7) is 0. The second-order valence-corrected chi connectivity index (χ2v) is 20.7. The molecule has 8 bridgehead atoms. The number of nitrogens with one attached hydrogen (secondary N) is 6. The van der Waals surface area contributed by atoms with Gasteiger partial charge in [-0.1, -0.05) is 116 Å². The Labute approximate surface area is 415 Å². The Morgan fingerprint density at radius 2 is 0.750 bits per heavy atom. The lowest BCUT2D eigenvalue weighted by Crippen LogP contribution is -2.15. The van der Waals surface area contributed by atoms with E-state index < -0.39 is 12.3 Å². The standard InChI is InChI=1S/C32H8Br6Cl10N8/c33-9-1-4(15(39)12(36)20(9)44)28-49-25(1)53-31-7-8(18(42)23(47)14(38)17(7)41)32(56-31)54-26-2-5(16(40)13(37)21(45)10(2)34)29(50-26)55-30-6-3(27(51-28)52-30)11(35)22(46)24(48)19(6)43/h27,31,49-51,53H,(H,52,55)(H,54,56). The molecule has 9 rings (SSSR count). The monoisotopic (exact) mass is 1330 g/mol. The number of anilines is 4. The number of H-pyrrole nitrogens is 2. The van der Waals surface area contributed by atoms with Gasteiger partial charge >= 0.3 is 0 Å². The molecule has 6 aromatic rings. The normalized spacial score (nSPS) is 17.0. The van der Waals surface area contributed by atoms with Crippen LogP contribution in [0.1, 0.15) is 34.6 Å². The van der Waals surface area contributed by atoms with Crippen LogP contribution in [0.2, 0.25) is 50.2 Å². The minimum atomic E-state index is -0.865. The quantitative estimate of drug-likeness (QED) is 0.0673. The van der Waals surface area contributed by atoms with Crippen molar-refractivity contribution in [1.29, 1.82) is 0 Å². The number of aromatic amines is 2. The Hall–Kier alpha value is 0.280. The van der Waals surface area contributed by atoms with Crippen LogP contribution in [0, 0.1) is 0 Å². The topological polar surface area (TPSA) is 104 Å². The number of fused-ring (bicyclic) bond motifs is 18. The Kier molecular flexibility index (Phi) is 11.1. The minimum Gasteiger partial charge on any atom is -0.346 e. The Morgan fingerprint density at radius 3 is 1.32 bits per heavy atom. The lowest BCUT2D eigenvalue weighted by atomic mass is 10.1. The van der Waals surface area contributed by atoms with E-state index in [1.807, 2.05) is 0 Å². The highest BCUT2D eigenvalue weighted by Gasteiger charge is 2.39. The number of nitrogens with zero attached hydrogens (tertiary/aromatic N) is 2. The summed E-state index contributed by atoms with van der Waals surface area (Å²) in [6.07, 6.45) is -1.71. The Balaban J connectivity index is 1.39. The van der Waals surface area contributed by atoms with Crippen molar-refractivity contribution >= 4 is 268 Å². The van der Waals surface area contributed by atoms with Gasteiger partial charge in [0.05, 0.1) is 63.6 Å². The van der Waals surface area contributed by atoms with Gasteiger partial charge < -0.3 is 31.2 Å². The van der Waals surface area contributed by atoms with E-state index in [9.17, 15) is 0 Å². The number of aliphatic imine (C=N–C) groups is 2. The van der Waals surface area contributed by atoms with Gasteiger partial charge in [0.1, 0.15) is 47.3 Å². The van der Waals surface area contributed by atoms with E-state index in [4.69, 9.17) is 126 Å². The third-order valence-electron chi connectivity index (χ3n) is 9.23. The van der Waals surface area contributed by atoms with Gasteiger partial charge in [-0.25, -0.2) is 9.98 Å². The van der Waals surface area contributed by atoms with Crippen molar-refractivity contribution in [2.45, 2.75) is 12.3 Å². The molecule has 2 atom stereocenters. The van der Waals surface area contributed by atoms with Crippen LogP contribution < -0.4 is 21.3 Å². The average Bonchev–Trinajstić information content (AvgIpc) is 3.92. The summed E-state index contributed by atoms with van der Waals surface area (Å²) in [5, 5.41) is 18.3. The van der Waals surface area contributed by atoms with Crippen LogP contribution in [0.4, 0.5) is 23.3 Å². The molecule has 8 nitrogen and oxygen atoms in total. The van der Waals surface area contributed by atoms with Gasteiger partial charge in [0.25, 0.3) is 0 Å². The molecule has 0 aliphatic carbocycles. The number of amidine groups is 2. The van der Waals surface area contributed by atoms with Gasteiger partial charge in [-0.15, -0.1) is 0 Å². The maximum atomic E-state index is 7.07. The fourth-order valence-electron chi connectivity index (χ4n) is 6.81. The molecule has 0 saturated carbocycles. The summed E-state index contributed by atoms with van der Waals surface area (Å²) in [5.74, 6) is 2.29. The molecule has 0 saturated heterocycles. The predicted octanol–water partition coefficient (Wildman–Crippen LogP) is 18.0. The van der Waals surface area contributed by atoms with Crippen molar-refractivity contribution in [3.8, 4) is 0 Å². The summed E-state index contributed by atoms with van der Waals surface area (Å²) in [6, 6.07) is 0. The van der Waals surface area contributed by atoms with Gasteiger partial charge in [-0.2, -0.15) is 0 Å². The highest BCUT2D eigenvalue weighted by atomic mass is 79.9. The van der Waals surface area contributed by atoms with E-state index in [1.54, 1.807) is 0 Å². The first kappa shape index (κ1) is 41.6. The molecular formula is C32H8Br6Cl10N8. The highest BCUT2D eigenvalue weighted by Crippen LogP contribution is 2.55. The second kappa shape index (κ2) is 15.0. The number of halogens is 16. The zero-order valence-electron chi connectivity index (χ0n) is 26.1. The molecule has 3 aliphatic heterocycles. The molecule has 0 spiro atoms. The van der Waals surface area contributed by atoms with Crippen molar-refractivity contribution in [1.82, 2.24) is 9.97 Å². The fourth-order valence-corrected chi connectivity index (χ4v) is 13.1. The molecule has 0 amide bonds. The molecule has 6 N–H and O–H groups in total. The first-order chi connectivity index (χ1) is 26.4. The fraction of sp³-hybridized carbons (Fsp3) is 0.0625. The average molecular weight is 1340 g/mol. The van der Waals surface area contributed by atoms with Gasteiger partial charge in [0.2, 0.25) is 0 Å². The van der Waals surface area contributed by atoms with Crippen LogP contribution in [0.3, 0.4) is 0 Å². The summed E-state index contributed by atoms with van der Waals surface area (Å²) in [5.41, 5.74) is 1.98. The van der Waals surface area contributed by atoms with Crippen molar-refractivity contribution in [2.24, 2.45) is 9.98 Å². The van der Waals surface area contributed by atoms with Crippen molar-refractivity contribution in [3.63, 3.8) is 0 Å². The number of rotatable bonds is 0. The predicted molar refractivity (Wildman–Crippen MR) is 259 cm³/mol. The van der Waals surface area contributed by atoms with Crippen LogP contribution >= 0.6 is 212 Å². The van der Waals surface area contributed by atoms with E-state index in [2.05, 4.69) is 127 Å². The largest absolute Gasteiger partial charge is 0.346 e. The third kappa shape index (κ3) is 6.00. The second-order valence-electron chi connectivity index (χ2n) is 12.2. The molecule has 288 valence electrons. The van der Waals surface area contributed by atoms with Gasteiger partial charge in [0.15, 0.2) is 0 Å². The Bertz CT molecular complexity index is 2740. The van der Waals surface area contributed by atoms with E-state index in [0.717, 1.165) is 0 Å². The zero-order chi connectivity index (χ0) is 40.1. The summed E-state index contributed by atoms with van der Waals surface area (Å²) in [7, 11) is 0. The van der Waals surface area contributed by atoms with Gasteiger partial charge in [-0.3, -0.25) is 0 Å².